The Hall–Kier alpha value is -3.98. The number of nitro benzene ring substituents is 1. The first-order valence-electron chi connectivity index (χ1n) is 11.9. The van der Waals surface area contributed by atoms with E-state index >= 15 is 0 Å². The Balaban J connectivity index is 1.60. The highest BCUT2D eigenvalue weighted by molar-refractivity contribution is 5.99. The smallest absolute Gasteiger partial charge is 0.337 e. The van der Waals surface area contributed by atoms with Gasteiger partial charge in [0.2, 0.25) is 0 Å². The summed E-state index contributed by atoms with van der Waals surface area (Å²) in [6, 6.07) is 15.8. The quantitative estimate of drug-likeness (QED) is 0.337. The molecule has 0 spiro atoms. The minimum atomic E-state index is -1.21. The molecule has 1 fully saturated rings. The minimum absolute atomic E-state index is 0.0394. The number of aliphatic carboxylic acids is 1. The van der Waals surface area contributed by atoms with E-state index < -0.39 is 22.8 Å². The first kappa shape index (κ1) is 25.1. The third-order valence-electron chi connectivity index (χ3n) is 6.61. The van der Waals surface area contributed by atoms with Gasteiger partial charge in [-0.15, -0.1) is 0 Å². The van der Waals surface area contributed by atoms with E-state index in [1.165, 1.54) is 23.8 Å². The summed E-state index contributed by atoms with van der Waals surface area (Å²) >= 11 is 0. The van der Waals surface area contributed by atoms with Gasteiger partial charge in [-0.05, 0) is 44.4 Å². The molecule has 9 nitrogen and oxygen atoms in total. The van der Waals surface area contributed by atoms with Gasteiger partial charge in [0.15, 0.2) is 0 Å². The fourth-order valence-corrected chi connectivity index (χ4v) is 5.01. The number of carbonyl (C=O) groups is 2. The number of carbonyl (C=O) groups excluding carboxylic acids is 1. The number of esters is 1. The summed E-state index contributed by atoms with van der Waals surface area (Å²) in [6.07, 6.45) is 1.23. The maximum absolute atomic E-state index is 13.5. The average molecular weight is 492 g/mol. The Labute approximate surface area is 209 Å². The lowest BCUT2D eigenvalue weighted by atomic mass is 9.80. The van der Waals surface area contributed by atoms with Crippen molar-refractivity contribution in [2.24, 2.45) is 0 Å². The maximum Gasteiger partial charge on any atom is 0.337 e. The number of hydrogen-bond acceptors (Lipinski definition) is 7. The van der Waals surface area contributed by atoms with E-state index in [0.717, 1.165) is 19.5 Å². The van der Waals surface area contributed by atoms with Crippen molar-refractivity contribution in [1.82, 2.24) is 10.2 Å². The Morgan fingerprint density at radius 2 is 1.83 bits per heavy atom. The second-order valence-electron chi connectivity index (χ2n) is 9.18. The van der Waals surface area contributed by atoms with E-state index in [1.54, 1.807) is 19.9 Å². The molecular weight excluding hydrogens is 462 g/mol. The number of non-ortho nitro benzene ring substituents is 1. The number of carboxylic acid groups (broad SMARTS) is 1. The number of likely N-dealkylation sites (tertiary alicyclic amines) is 1. The number of nitrogens with one attached hydrogen (secondary N) is 1. The second-order valence-corrected chi connectivity index (χ2v) is 9.18. The van der Waals surface area contributed by atoms with Crippen molar-refractivity contribution in [3.05, 3.63) is 98.4 Å². The van der Waals surface area contributed by atoms with E-state index in [-0.39, 0.29) is 22.9 Å². The summed E-state index contributed by atoms with van der Waals surface area (Å²) in [7, 11) is 0. The lowest BCUT2D eigenvalue weighted by molar-refractivity contribution is -0.384. The maximum atomic E-state index is 13.5. The number of carboxylic acids is 1. The lowest BCUT2D eigenvalue weighted by Gasteiger charge is -2.34. The topological polar surface area (TPSA) is 122 Å². The standard InChI is InChI=1S/C27H29N3O6/c1-17-23(26(31)32)25(20-10-6-11-21(14-20)30(34)35)24(18(2)28-17)27(33)36-22-12-7-13-29(16-22)15-19-8-4-3-5-9-19/h3-6,8-11,14,22,25,28H,7,12-13,15-16H2,1-2H3,(H,31,32)/t22-,25-/m0/s1. The van der Waals surface area contributed by atoms with Crippen LogP contribution in [-0.2, 0) is 20.9 Å². The molecule has 0 amide bonds. The molecule has 2 aromatic carbocycles. The van der Waals surface area contributed by atoms with Gasteiger partial charge in [-0.3, -0.25) is 15.0 Å². The van der Waals surface area contributed by atoms with Crippen molar-refractivity contribution >= 4 is 17.6 Å². The van der Waals surface area contributed by atoms with Crippen LogP contribution >= 0.6 is 0 Å². The predicted octanol–water partition coefficient (Wildman–Crippen LogP) is 4.12. The van der Waals surface area contributed by atoms with E-state index in [2.05, 4.69) is 22.3 Å². The van der Waals surface area contributed by atoms with Gasteiger partial charge >= 0.3 is 11.9 Å². The molecule has 4 rings (SSSR count). The third kappa shape index (κ3) is 5.46. The first-order valence-corrected chi connectivity index (χ1v) is 11.9. The third-order valence-corrected chi connectivity index (χ3v) is 6.61. The highest BCUT2D eigenvalue weighted by Gasteiger charge is 2.38. The fraction of sp³-hybridized carbons (Fsp3) is 0.333. The highest BCUT2D eigenvalue weighted by atomic mass is 16.6. The van der Waals surface area contributed by atoms with E-state index in [0.29, 0.717) is 29.9 Å². The molecule has 2 heterocycles. The SMILES string of the molecule is CC1=C(C(=O)O)[C@H](c2cccc([N+](=O)[O-])c2)C(C(=O)O[C@H]2CCCN(Cc3ccccc3)C2)=C(C)N1. The molecule has 2 aliphatic rings. The van der Waals surface area contributed by atoms with E-state index in [1.807, 2.05) is 18.2 Å². The van der Waals surface area contributed by atoms with Crippen LogP contribution in [0.15, 0.2) is 77.1 Å². The van der Waals surface area contributed by atoms with Crippen molar-refractivity contribution in [3.8, 4) is 0 Å². The molecule has 0 bridgehead atoms. The minimum Gasteiger partial charge on any atom is -0.478 e. The van der Waals surface area contributed by atoms with Crippen LogP contribution in [0.3, 0.4) is 0 Å². The van der Waals surface area contributed by atoms with Crippen LogP contribution in [0.25, 0.3) is 0 Å². The van der Waals surface area contributed by atoms with Crippen LogP contribution in [0, 0.1) is 10.1 Å². The second kappa shape index (κ2) is 10.7. The van der Waals surface area contributed by atoms with Gasteiger partial charge in [-0.2, -0.15) is 0 Å². The van der Waals surface area contributed by atoms with E-state index in [4.69, 9.17) is 4.74 Å². The van der Waals surface area contributed by atoms with Gasteiger partial charge in [-0.1, -0.05) is 42.5 Å². The molecular formula is C27H29N3O6. The molecule has 1 saturated heterocycles. The molecule has 2 aromatic rings. The van der Waals surface area contributed by atoms with Crippen LogP contribution in [0.2, 0.25) is 0 Å². The van der Waals surface area contributed by atoms with Crippen LogP contribution in [0.5, 0.6) is 0 Å². The number of nitro groups is 1. The molecule has 0 saturated carbocycles. The van der Waals surface area contributed by atoms with Gasteiger partial charge in [-0.25, -0.2) is 9.59 Å². The molecule has 0 aliphatic carbocycles. The van der Waals surface area contributed by atoms with Crippen LogP contribution in [-0.4, -0.2) is 46.1 Å². The monoisotopic (exact) mass is 491 g/mol. The Bertz CT molecular complexity index is 1240. The summed E-state index contributed by atoms with van der Waals surface area (Å²) in [6.45, 7) is 5.52. The van der Waals surface area contributed by atoms with Gasteiger partial charge in [0.05, 0.1) is 22.0 Å². The number of nitrogens with zero attached hydrogens (tertiary/aromatic N) is 2. The summed E-state index contributed by atoms with van der Waals surface area (Å²) in [5.74, 6) is -2.82. The molecule has 2 atom stereocenters. The number of piperidine rings is 1. The van der Waals surface area contributed by atoms with Crippen molar-refractivity contribution < 1.29 is 24.4 Å². The Morgan fingerprint density at radius 3 is 2.53 bits per heavy atom. The normalized spacial score (nSPS) is 20.6. The zero-order valence-corrected chi connectivity index (χ0v) is 20.3. The number of allylic oxidation sites excluding steroid dienone is 2. The molecule has 188 valence electrons. The summed E-state index contributed by atoms with van der Waals surface area (Å²) in [5.41, 5.74) is 2.31. The van der Waals surface area contributed by atoms with Crippen molar-refractivity contribution in [1.29, 1.82) is 0 Å². The Morgan fingerprint density at radius 1 is 1.11 bits per heavy atom. The van der Waals surface area contributed by atoms with Crippen LogP contribution in [0.4, 0.5) is 5.69 Å². The molecule has 9 heteroatoms. The van der Waals surface area contributed by atoms with Gasteiger partial charge in [0.1, 0.15) is 6.10 Å². The highest BCUT2D eigenvalue weighted by Crippen LogP contribution is 2.40. The molecule has 2 aliphatic heterocycles. The number of benzene rings is 2. The summed E-state index contributed by atoms with van der Waals surface area (Å²) < 4.78 is 5.93. The number of hydrogen-bond donors (Lipinski definition) is 2. The Kier molecular flexibility index (Phi) is 7.49. The molecule has 2 N–H and O–H groups in total. The average Bonchev–Trinajstić information content (AvgIpc) is 2.84. The number of ether oxygens (including phenoxy) is 1. The van der Waals surface area contributed by atoms with Gasteiger partial charge in [0.25, 0.3) is 5.69 Å². The molecule has 0 radical (unpaired) electrons. The van der Waals surface area contributed by atoms with Crippen LogP contribution < -0.4 is 5.32 Å². The zero-order chi connectivity index (χ0) is 25.8. The van der Waals surface area contributed by atoms with Crippen LogP contribution in [0.1, 0.15) is 43.7 Å². The fourth-order valence-electron chi connectivity index (χ4n) is 5.01. The van der Waals surface area contributed by atoms with Crippen molar-refractivity contribution in [2.75, 3.05) is 13.1 Å². The predicted molar refractivity (Wildman–Crippen MR) is 133 cm³/mol. The summed E-state index contributed by atoms with van der Waals surface area (Å²) in [4.78, 5) is 38.8. The number of rotatable bonds is 7. The first-order chi connectivity index (χ1) is 17.2. The molecule has 0 aromatic heterocycles. The van der Waals surface area contributed by atoms with Crippen molar-refractivity contribution in [2.45, 2.75) is 45.3 Å². The molecule has 36 heavy (non-hydrogen) atoms. The van der Waals surface area contributed by atoms with Crippen molar-refractivity contribution in [3.63, 3.8) is 0 Å². The molecule has 0 unspecified atom stereocenters. The zero-order valence-electron chi connectivity index (χ0n) is 20.3. The van der Waals surface area contributed by atoms with Gasteiger partial charge in [0, 0.05) is 36.6 Å². The van der Waals surface area contributed by atoms with E-state index in [9.17, 15) is 24.8 Å². The van der Waals surface area contributed by atoms with Gasteiger partial charge < -0.3 is 15.2 Å². The lowest BCUT2D eigenvalue weighted by Crippen LogP contribution is -2.41. The summed E-state index contributed by atoms with van der Waals surface area (Å²) in [5, 5.41) is 24.4. The largest absolute Gasteiger partial charge is 0.478 e. The number of dihydropyridines is 1.